The van der Waals surface area contributed by atoms with Gasteiger partial charge in [0.15, 0.2) is 0 Å². The van der Waals surface area contributed by atoms with Crippen molar-refractivity contribution < 1.29 is 14.6 Å². The molecule has 0 saturated carbocycles. The van der Waals surface area contributed by atoms with Crippen molar-refractivity contribution >= 4 is 5.97 Å². The molecule has 106 valence electrons. The molecule has 0 aliphatic heterocycles. The van der Waals surface area contributed by atoms with E-state index in [2.05, 4.69) is 6.07 Å². The van der Waals surface area contributed by atoms with Crippen molar-refractivity contribution in [1.29, 1.82) is 5.26 Å². The van der Waals surface area contributed by atoms with Crippen molar-refractivity contribution in [2.75, 3.05) is 0 Å². The molecule has 0 saturated heterocycles. The zero-order valence-corrected chi connectivity index (χ0v) is 11.9. The standard InChI is InChI=1S/C17H15NO3/c1-11-6-15(17(19)20)7-12(2)16(11)21-10-14-5-3-4-13(8-14)9-18/h3-8H,10H2,1-2H3,(H,19,20). The van der Waals surface area contributed by atoms with E-state index in [1.54, 1.807) is 24.3 Å². The third-order valence-electron chi connectivity index (χ3n) is 3.15. The first kappa shape index (κ1) is 14.6. The molecule has 4 heteroatoms. The summed E-state index contributed by atoms with van der Waals surface area (Å²) >= 11 is 0. The Morgan fingerprint density at radius 1 is 1.24 bits per heavy atom. The van der Waals surface area contributed by atoms with Gasteiger partial charge in [-0.2, -0.15) is 5.26 Å². The highest BCUT2D eigenvalue weighted by Gasteiger charge is 2.10. The van der Waals surface area contributed by atoms with Crippen LogP contribution in [0.5, 0.6) is 5.75 Å². The van der Waals surface area contributed by atoms with E-state index in [9.17, 15) is 4.79 Å². The van der Waals surface area contributed by atoms with Gasteiger partial charge in [-0.15, -0.1) is 0 Å². The van der Waals surface area contributed by atoms with Crippen molar-refractivity contribution in [3.05, 3.63) is 64.2 Å². The molecule has 0 fully saturated rings. The average Bonchev–Trinajstić information content (AvgIpc) is 2.46. The number of carboxylic acids is 1. The van der Waals surface area contributed by atoms with Crippen molar-refractivity contribution in [2.45, 2.75) is 20.5 Å². The molecule has 0 bridgehead atoms. The summed E-state index contributed by atoms with van der Waals surface area (Å²) in [6.45, 7) is 3.98. The molecular weight excluding hydrogens is 266 g/mol. The molecule has 0 aliphatic rings. The predicted molar refractivity (Wildman–Crippen MR) is 78.4 cm³/mol. The van der Waals surface area contributed by atoms with Crippen LogP contribution in [0.3, 0.4) is 0 Å². The van der Waals surface area contributed by atoms with Crippen molar-refractivity contribution in [1.82, 2.24) is 0 Å². The fourth-order valence-electron chi connectivity index (χ4n) is 2.19. The van der Waals surface area contributed by atoms with Gasteiger partial charge < -0.3 is 9.84 Å². The van der Waals surface area contributed by atoms with Crippen molar-refractivity contribution in [2.24, 2.45) is 0 Å². The summed E-state index contributed by atoms with van der Waals surface area (Å²) in [4.78, 5) is 11.0. The van der Waals surface area contributed by atoms with E-state index in [-0.39, 0.29) is 5.56 Å². The number of nitrogens with zero attached hydrogens (tertiary/aromatic N) is 1. The quantitative estimate of drug-likeness (QED) is 0.931. The molecule has 21 heavy (non-hydrogen) atoms. The Morgan fingerprint density at radius 3 is 2.48 bits per heavy atom. The Labute approximate surface area is 123 Å². The van der Waals surface area contributed by atoms with Crippen LogP contribution in [0.15, 0.2) is 36.4 Å². The summed E-state index contributed by atoms with van der Waals surface area (Å²) in [6, 6.07) is 12.5. The summed E-state index contributed by atoms with van der Waals surface area (Å²) in [5.74, 6) is -0.267. The molecule has 2 aromatic rings. The highest BCUT2D eigenvalue weighted by Crippen LogP contribution is 2.26. The maximum absolute atomic E-state index is 11.0. The Kier molecular flexibility index (Phi) is 4.24. The van der Waals surface area contributed by atoms with Gasteiger partial charge in [0.1, 0.15) is 12.4 Å². The largest absolute Gasteiger partial charge is 0.488 e. The summed E-state index contributed by atoms with van der Waals surface area (Å²) in [7, 11) is 0. The lowest BCUT2D eigenvalue weighted by Gasteiger charge is -2.13. The van der Waals surface area contributed by atoms with E-state index in [4.69, 9.17) is 15.1 Å². The topological polar surface area (TPSA) is 70.3 Å². The van der Waals surface area contributed by atoms with Crippen LogP contribution in [-0.4, -0.2) is 11.1 Å². The monoisotopic (exact) mass is 281 g/mol. The van der Waals surface area contributed by atoms with Gasteiger partial charge in [-0.05, 0) is 54.8 Å². The maximum atomic E-state index is 11.0. The van der Waals surface area contributed by atoms with E-state index < -0.39 is 5.97 Å². The van der Waals surface area contributed by atoms with E-state index in [1.807, 2.05) is 26.0 Å². The molecule has 2 aromatic carbocycles. The maximum Gasteiger partial charge on any atom is 0.335 e. The van der Waals surface area contributed by atoms with Crippen LogP contribution in [0, 0.1) is 25.2 Å². The number of aryl methyl sites for hydroxylation is 2. The van der Waals surface area contributed by atoms with E-state index in [0.29, 0.717) is 17.9 Å². The van der Waals surface area contributed by atoms with E-state index >= 15 is 0 Å². The third kappa shape index (κ3) is 3.40. The van der Waals surface area contributed by atoms with Crippen LogP contribution >= 0.6 is 0 Å². The first-order valence-corrected chi connectivity index (χ1v) is 6.47. The molecule has 0 radical (unpaired) electrons. The Hall–Kier alpha value is -2.80. The molecule has 0 spiro atoms. The zero-order valence-electron chi connectivity index (χ0n) is 11.9. The van der Waals surface area contributed by atoms with Crippen LogP contribution in [0.2, 0.25) is 0 Å². The Balaban J connectivity index is 2.20. The predicted octanol–water partition coefficient (Wildman–Crippen LogP) is 3.45. The second-order valence-electron chi connectivity index (χ2n) is 4.85. The number of carboxylic acid groups (broad SMARTS) is 1. The second kappa shape index (κ2) is 6.10. The number of nitriles is 1. The van der Waals surface area contributed by atoms with Gasteiger partial charge in [-0.1, -0.05) is 12.1 Å². The minimum atomic E-state index is -0.950. The van der Waals surface area contributed by atoms with Crippen LogP contribution in [0.1, 0.15) is 32.6 Å². The summed E-state index contributed by atoms with van der Waals surface area (Å²) < 4.78 is 5.79. The highest BCUT2D eigenvalue weighted by molar-refractivity contribution is 5.88. The molecule has 0 atom stereocenters. The first-order valence-electron chi connectivity index (χ1n) is 6.47. The minimum absolute atomic E-state index is 0.254. The number of ether oxygens (including phenoxy) is 1. The number of hydrogen-bond acceptors (Lipinski definition) is 3. The third-order valence-corrected chi connectivity index (χ3v) is 3.15. The van der Waals surface area contributed by atoms with Gasteiger partial charge in [-0.25, -0.2) is 4.79 Å². The molecular formula is C17H15NO3. The number of carbonyl (C=O) groups is 1. The fourth-order valence-corrected chi connectivity index (χ4v) is 2.19. The summed E-state index contributed by atoms with van der Waals surface area (Å²) in [5, 5.41) is 17.9. The average molecular weight is 281 g/mol. The molecule has 4 nitrogen and oxygen atoms in total. The summed E-state index contributed by atoms with van der Waals surface area (Å²) in [6.07, 6.45) is 0. The molecule has 0 aliphatic carbocycles. The second-order valence-corrected chi connectivity index (χ2v) is 4.85. The molecule has 1 N–H and O–H groups in total. The molecule has 0 amide bonds. The molecule has 0 unspecified atom stereocenters. The normalized spacial score (nSPS) is 9.95. The lowest BCUT2D eigenvalue weighted by molar-refractivity contribution is 0.0696. The van der Waals surface area contributed by atoms with Crippen LogP contribution in [0.25, 0.3) is 0 Å². The lowest BCUT2D eigenvalue weighted by atomic mass is 10.1. The van der Waals surface area contributed by atoms with Gasteiger partial charge in [0.2, 0.25) is 0 Å². The fraction of sp³-hybridized carbons (Fsp3) is 0.176. The zero-order chi connectivity index (χ0) is 15.4. The van der Waals surface area contributed by atoms with E-state index in [0.717, 1.165) is 16.7 Å². The van der Waals surface area contributed by atoms with Gasteiger partial charge >= 0.3 is 5.97 Å². The van der Waals surface area contributed by atoms with Crippen molar-refractivity contribution in [3.63, 3.8) is 0 Å². The van der Waals surface area contributed by atoms with Gasteiger partial charge in [0.25, 0.3) is 0 Å². The van der Waals surface area contributed by atoms with Crippen LogP contribution in [0.4, 0.5) is 0 Å². The number of benzene rings is 2. The number of rotatable bonds is 4. The number of aromatic carboxylic acids is 1. The van der Waals surface area contributed by atoms with Crippen LogP contribution < -0.4 is 4.74 Å². The first-order chi connectivity index (χ1) is 10.0. The van der Waals surface area contributed by atoms with E-state index in [1.165, 1.54) is 0 Å². The van der Waals surface area contributed by atoms with Gasteiger partial charge in [-0.3, -0.25) is 0 Å². The SMILES string of the molecule is Cc1cc(C(=O)O)cc(C)c1OCc1cccc(C#N)c1. The molecule has 2 rings (SSSR count). The van der Waals surface area contributed by atoms with Gasteiger partial charge in [0, 0.05) is 0 Å². The Morgan fingerprint density at radius 2 is 1.90 bits per heavy atom. The number of hydrogen-bond donors (Lipinski definition) is 1. The minimum Gasteiger partial charge on any atom is -0.488 e. The lowest BCUT2D eigenvalue weighted by Crippen LogP contribution is -2.03. The summed E-state index contributed by atoms with van der Waals surface area (Å²) in [5.41, 5.74) is 3.30. The van der Waals surface area contributed by atoms with Crippen LogP contribution in [-0.2, 0) is 6.61 Å². The van der Waals surface area contributed by atoms with Gasteiger partial charge in [0.05, 0.1) is 17.2 Å². The molecule has 0 heterocycles. The Bertz CT molecular complexity index is 706. The molecule has 0 aromatic heterocycles. The smallest absolute Gasteiger partial charge is 0.335 e. The highest BCUT2D eigenvalue weighted by atomic mass is 16.5. The van der Waals surface area contributed by atoms with Crippen molar-refractivity contribution in [3.8, 4) is 11.8 Å².